The summed E-state index contributed by atoms with van der Waals surface area (Å²) >= 11 is 0. The maximum atomic E-state index is 14.0. The third-order valence-corrected chi connectivity index (χ3v) is 3.90. The molecule has 24 heavy (non-hydrogen) atoms. The number of hydrogen-bond acceptors (Lipinski definition) is 2. The zero-order valence-corrected chi connectivity index (χ0v) is 14.0. The van der Waals surface area contributed by atoms with Crippen LogP contribution in [0.3, 0.4) is 0 Å². The van der Waals surface area contributed by atoms with Crippen LogP contribution in [0.1, 0.15) is 24.5 Å². The minimum Gasteiger partial charge on any atom is -0.396 e. The minimum atomic E-state index is -0.460. The zero-order chi connectivity index (χ0) is 17.5. The van der Waals surface area contributed by atoms with Gasteiger partial charge in [-0.25, -0.2) is 9.18 Å². The van der Waals surface area contributed by atoms with Crippen molar-refractivity contribution >= 4 is 11.7 Å². The molecular formula is C19H23FN2O2. The average molecular weight is 330 g/mol. The van der Waals surface area contributed by atoms with Crippen molar-refractivity contribution in [2.45, 2.75) is 32.9 Å². The number of nitrogens with one attached hydrogen (secondary N) is 1. The molecule has 0 saturated carbocycles. The van der Waals surface area contributed by atoms with Crippen molar-refractivity contribution in [3.8, 4) is 0 Å². The number of benzene rings is 2. The molecule has 0 fully saturated rings. The highest BCUT2D eigenvalue weighted by Crippen LogP contribution is 2.18. The normalized spacial score (nSPS) is 11.8. The third-order valence-electron chi connectivity index (χ3n) is 3.90. The fourth-order valence-electron chi connectivity index (χ4n) is 2.46. The molecule has 0 heterocycles. The van der Waals surface area contributed by atoms with Gasteiger partial charge in [0.2, 0.25) is 0 Å². The molecule has 4 nitrogen and oxygen atoms in total. The van der Waals surface area contributed by atoms with Gasteiger partial charge in [0.25, 0.3) is 0 Å². The van der Waals surface area contributed by atoms with E-state index in [2.05, 4.69) is 5.32 Å². The number of aliphatic hydroxyl groups excluding tert-OH is 1. The summed E-state index contributed by atoms with van der Waals surface area (Å²) in [4.78, 5) is 14.2. The summed E-state index contributed by atoms with van der Waals surface area (Å²) in [6, 6.07) is 13.7. The average Bonchev–Trinajstić information content (AvgIpc) is 2.56. The molecule has 1 atom stereocenters. The lowest BCUT2D eigenvalue weighted by atomic mass is 10.1. The van der Waals surface area contributed by atoms with Crippen LogP contribution >= 0.6 is 0 Å². The lowest BCUT2D eigenvalue weighted by Gasteiger charge is -2.29. The number of amides is 2. The van der Waals surface area contributed by atoms with Crippen molar-refractivity contribution < 1.29 is 14.3 Å². The van der Waals surface area contributed by atoms with Crippen LogP contribution in [0.25, 0.3) is 0 Å². The molecule has 0 aliphatic carbocycles. The van der Waals surface area contributed by atoms with E-state index in [9.17, 15) is 14.3 Å². The van der Waals surface area contributed by atoms with Gasteiger partial charge in [0.05, 0.1) is 5.69 Å². The van der Waals surface area contributed by atoms with Gasteiger partial charge in [-0.2, -0.15) is 0 Å². The summed E-state index contributed by atoms with van der Waals surface area (Å²) in [5.41, 5.74) is 1.92. The van der Waals surface area contributed by atoms with Crippen LogP contribution in [0.2, 0.25) is 0 Å². The molecule has 128 valence electrons. The number of rotatable bonds is 6. The number of carbonyl (C=O) groups is 1. The van der Waals surface area contributed by atoms with Crippen molar-refractivity contribution in [3.63, 3.8) is 0 Å². The zero-order valence-electron chi connectivity index (χ0n) is 14.0. The topological polar surface area (TPSA) is 52.6 Å². The lowest BCUT2D eigenvalue weighted by Crippen LogP contribution is -2.41. The number of halogens is 1. The number of aryl methyl sites for hydroxylation is 1. The van der Waals surface area contributed by atoms with Crippen molar-refractivity contribution in [2.24, 2.45) is 0 Å². The van der Waals surface area contributed by atoms with E-state index in [1.807, 2.05) is 37.3 Å². The summed E-state index contributed by atoms with van der Waals surface area (Å²) < 4.78 is 14.0. The predicted octanol–water partition coefficient (Wildman–Crippen LogP) is 3.94. The molecule has 0 aromatic heterocycles. The van der Waals surface area contributed by atoms with Crippen LogP contribution in [-0.2, 0) is 6.54 Å². The third kappa shape index (κ3) is 4.80. The Labute approximate surface area is 141 Å². The van der Waals surface area contributed by atoms with Gasteiger partial charge in [-0.05, 0) is 43.5 Å². The van der Waals surface area contributed by atoms with Gasteiger partial charge < -0.3 is 15.3 Å². The van der Waals surface area contributed by atoms with Crippen molar-refractivity contribution in [1.82, 2.24) is 4.90 Å². The molecule has 0 saturated heterocycles. The molecule has 2 rings (SSSR count). The Morgan fingerprint density at radius 3 is 2.58 bits per heavy atom. The highest BCUT2D eigenvalue weighted by atomic mass is 19.1. The van der Waals surface area contributed by atoms with Gasteiger partial charge in [-0.1, -0.05) is 36.4 Å². The summed E-state index contributed by atoms with van der Waals surface area (Å²) in [6.45, 7) is 4.03. The van der Waals surface area contributed by atoms with Gasteiger partial charge in [0.1, 0.15) is 5.82 Å². The monoisotopic (exact) mass is 330 g/mol. The Morgan fingerprint density at radius 2 is 1.96 bits per heavy atom. The van der Waals surface area contributed by atoms with Crippen molar-refractivity contribution in [2.75, 3.05) is 11.9 Å². The Morgan fingerprint density at radius 1 is 1.25 bits per heavy atom. The van der Waals surface area contributed by atoms with Crippen LogP contribution < -0.4 is 5.32 Å². The fourth-order valence-corrected chi connectivity index (χ4v) is 2.46. The molecule has 5 heteroatoms. The Balaban J connectivity index is 2.17. The van der Waals surface area contributed by atoms with Gasteiger partial charge in [0.15, 0.2) is 0 Å². The van der Waals surface area contributed by atoms with Crippen LogP contribution in [0, 0.1) is 12.7 Å². The van der Waals surface area contributed by atoms with Gasteiger partial charge in [-0.3, -0.25) is 0 Å². The van der Waals surface area contributed by atoms with E-state index >= 15 is 0 Å². The second-order valence-corrected chi connectivity index (χ2v) is 5.89. The van der Waals surface area contributed by atoms with E-state index in [1.165, 1.54) is 6.07 Å². The first-order valence-corrected chi connectivity index (χ1v) is 8.00. The quantitative estimate of drug-likeness (QED) is 0.843. The summed E-state index contributed by atoms with van der Waals surface area (Å²) in [5, 5.41) is 11.8. The first-order chi connectivity index (χ1) is 11.5. The minimum absolute atomic E-state index is 0.0152. The molecule has 0 spiro atoms. The predicted molar refractivity (Wildman–Crippen MR) is 93.3 cm³/mol. The summed E-state index contributed by atoms with van der Waals surface area (Å²) in [7, 11) is 0. The number of anilines is 1. The van der Waals surface area contributed by atoms with Gasteiger partial charge in [-0.15, -0.1) is 0 Å². The smallest absolute Gasteiger partial charge is 0.322 e. The van der Waals surface area contributed by atoms with E-state index in [4.69, 9.17) is 0 Å². The maximum absolute atomic E-state index is 14.0. The number of carbonyl (C=O) groups excluding carboxylic acids is 1. The largest absolute Gasteiger partial charge is 0.396 e. The van der Waals surface area contributed by atoms with Gasteiger partial charge >= 0.3 is 6.03 Å². The molecule has 0 bridgehead atoms. The van der Waals surface area contributed by atoms with E-state index in [0.29, 0.717) is 13.0 Å². The summed E-state index contributed by atoms with van der Waals surface area (Å²) in [6.07, 6.45) is 0.455. The number of nitrogens with zero attached hydrogens (tertiary/aromatic N) is 1. The standard InChI is InChI=1S/C19H23FN2O2/c1-14-8-9-18(17(20)12-14)21-19(24)22(15(2)10-11-23)13-16-6-4-3-5-7-16/h3-9,12,15,23H,10-11,13H2,1-2H3,(H,21,24). The molecular weight excluding hydrogens is 307 g/mol. The second kappa shape index (κ2) is 8.45. The second-order valence-electron chi connectivity index (χ2n) is 5.89. The van der Waals surface area contributed by atoms with Crippen LogP contribution in [0.5, 0.6) is 0 Å². The van der Waals surface area contributed by atoms with E-state index in [0.717, 1.165) is 11.1 Å². The molecule has 0 aliphatic rings. The van der Waals surface area contributed by atoms with Gasteiger partial charge in [0, 0.05) is 19.2 Å². The molecule has 0 radical (unpaired) electrons. The summed E-state index contributed by atoms with van der Waals surface area (Å²) in [5.74, 6) is -0.460. The lowest BCUT2D eigenvalue weighted by molar-refractivity contribution is 0.169. The van der Waals surface area contributed by atoms with E-state index < -0.39 is 5.82 Å². The Bertz CT molecular complexity index is 676. The number of urea groups is 1. The highest BCUT2D eigenvalue weighted by molar-refractivity contribution is 5.89. The Kier molecular flexibility index (Phi) is 6.32. The fraction of sp³-hybridized carbons (Fsp3) is 0.316. The number of aliphatic hydroxyl groups is 1. The highest BCUT2D eigenvalue weighted by Gasteiger charge is 2.21. The van der Waals surface area contributed by atoms with Crippen molar-refractivity contribution in [1.29, 1.82) is 0 Å². The molecule has 2 aromatic carbocycles. The first kappa shape index (κ1) is 17.9. The van der Waals surface area contributed by atoms with Crippen molar-refractivity contribution in [3.05, 3.63) is 65.5 Å². The SMILES string of the molecule is Cc1ccc(NC(=O)N(Cc2ccccc2)C(C)CCO)c(F)c1. The van der Waals surface area contributed by atoms with Crippen LogP contribution in [0.4, 0.5) is 14.9 Å². The van der Waals surface area contributed by atoms with E-state index in [1.54, 1.807) is 24.0 Å². The number of hydrogen-bond donors (Lipinski definition) is 2. The van der Waals surface area contributed by atoms with E-state index in [-0.39, 0.29) is 24.4 Å². The first-order valence-electron chi connectivity index (χ1n) is 8.00. The molecule has 0 aliphatic heterocycles. The molecule has 1 unspecified atom stereocenters. The maximum Gasteiger partial charge on any atom is 0.322 e. The molecule has 2 amide bonds. The van der Waals surface area contributed by atoms with Crippen LogP contribution in [-0.4, -0.2) is 28.7 Å². The molecule has 2 N–H and O–H groups in total. The van der Waals surface area contributed by atoms with Crippen LogP contribution in [0.15, 0.2) is 48.5 Å². The molecule has 2 aromatic rings. The Hall–Kier alpha value is -2.40.